The monoisotopic (exact) mass is 760 g/mol. The molecule has 0 aliphatic rings. The van der Waals surface area contributed by atoms with Crippen LogP contribution in [-0.2, 0) is 32.7 Å². The highest BCUT2D eigenvalue weighted by Crippen LogP contribution is 2.43. The van der Waals surface area contributed by atoms with Crippen molar-refractivity contribution in [3.63, 3.8) is 0 Å². The zero-order valence-electron chi connectivity index (χ0n) is 34.0. The minimum absolute atomic E-state index is 0.0150. The van der Waals surface area contributed by atoms with Crippen LogP contribution in [-0.4, -0.2) is 56.3 Å². The molecule has 52 heavy (non-hydrogen) atoms. The van der Waals surface area contributed by atoms with Crippen molar-refractivity contribution in [2.24, 2.45) is 0 Å². The Bertz CT molecular complexity index is 871. The Balaban J connectivity index is 4.19. The van der Waals surface area contributed by atoms with Crippen LogP contribution in [0.25, 0.3) is 0 Å². The van der Waals surface area contributed by atoms with Gasteiger partial charge in [0.2, 0.25) is 0 Å². The van der Waals surface area contributed by atoms with Gasteiger partial charge in [0.05, 0.1) is 13.2 Å². The maximum atomic E-state index is 12.6. The van der Waals surface area contributed by atoms with Crippen molar-refractivity contribution >= 4 is 19.8 Å². The number of unbranched alkanes of at least 4 members (excludes halogenated alkanes) is 25. The van der Waals surface area contributed by atoms with Crippen LogP contribution in [0.4, 0.5) is 0 Å². The summed E-state index contributed by atoms with van der Waals surface area (Å²) in [5, 5.41) is 2.82. The van der Waals surface area contributed by atoms with Crippen molar-refractivity contribution in [3.8, 4) is 0 Å². The van der Waals surface area contributed by atoms with Gasteiger partial charge in [-0.3, -0.25) is 18.6 Å². The van der Waals surface area contributed by atoms with Crippen LogP contribution >= 0.6 is 7.82 Å². The van der Waals surface area contributed by atoms with Gasteiger partial charge < -0.3 is 19.7 Å². The lowest BCUT2D eigenvalue weighted by Crippen LogP contribution is -2.29. The van der Waals surface area contributed by atoms with E-state index in [0.717, 1.165) is 51.4 Å². The van der Waals surface area contributed by atoms with Crippen LogP contribution in [0.2, 0.25) is 0 Å². The first kappa shape index (κ1) is 50.8. The lowest BCUT2D eigenvalue weighted by molar-refractivity contribution is -0.161. The molecule has 308 valence electrons. The second-order valence-corrected chi connectivity index (χ2v) is 16.0. The molecule has 0 aromatic rings. The summed E-state index contributed by atoms with van der Waals surface area (Å²) in [6, 6.07) is 0. The Morgan fingerprint density at radius 1 is 0.577 bits per heavy atom. The van der Waals surface area contributed by atoms with E-state index in [9.17, 15) is 19.0 Å². The number of hydrogen-bond acceptors (Lipinski definition) is 8. The van der Waals surface area contributed by atoms with E-state index < -0.39 is 26.5 Å². The number of hydrogen-bond donors (Lipinski definition) is 2. The van der Waals surface area contributed by atoms with Gasteiger partial charge in [0, 0.05) is 19.4 Å². The third kappa shape index (κ3) is 38.5. The lowest BCUT2D eigenvalue weighted by atomic mass is 10.0. The van der Waals surface area contributed by atoms with Gasteiger partial charge in [-0.25, -0.2) is 4.57 Å². The number of nitrogens with one attached hydrogen (secondary N) is 1. The molecule has 0 spiro atoms. The fourth-order valence-electron chi connectivity index (χ4n) is 6.08. The van der Waals surface area contributed by atoms with Gasteiger partial charge in [-0.05, 0) is 45.6 Å². The third-order valence-electron chi connectivity index (χ3n) is 9.39. The summed E-state index contributed by atoms with van der Waals surface area (Å²) in [5.41, 5.74) is 0. The van der Waals surface area contributed by atoms with Gasteiger partial charge in [0.1, 0.15) is 6.61 Å². The number of phosphoric acid groups is 1. The summed E-state index contributed by atoms with van der Waals surface area (Å²) in [5.74, 6) is -0.807. The Kier molecular flexibility index (Phi) is 38.5. The summed E-state index contributed by atoms with van der Waals surface area (Å²) in [6.45, 7) is 4.22. The highest BCUT2D eigenvalue weighted by molar-refractivity contribution is 7.47. The molecular formula is C42H82NO8P. The summed E-state index contributed by atoms with van der Waals surface area (Å²) >= 11 is 0. The van der Waals surface area contributed by atoms with Crippen molar-refractivity contribution in [1.82, 2.24) is 5.32 Å². The number of phosphoric ester groups is 1. The zero-order chi connectivity index (χ0) is 38.2. The average molecular weight is 760 g/mol. The van der Waals surface area contributed by atoms with Crippen molar-refractivity contribution in [1.29, 1.82) is 0 Å². The third-order valence-corrected chi connectivity index (χ3v) is 10.4. The molecule has 0 amide bonds. The van der Waals surface area contributed by atoms with E-state index >= 15 is 0 Å². The predicted octanol–water partition coefficient (Wildman–Crippen LogP) is 12.1. The van der Waals surface area contributed by atoms with E-state index in [4.69, 9.17) is 18.5 Å². The molecule has 0 saturated carbocycles. The molecule has 0 aromatic carbocycles. The molecule has 0 rings (SSSR count). The van der Waals surface area contributed by atoms with Gasteiger partial charge in [-0.15, -0.1) is 0 Å². The zero-order valence-corrected chi connectivity index (χ0v) is 34.9. The summed E-state index contributed by atoms with van der Waals surface area (Å²) < 4.78 is 33.2. The maximum absolute atomic E-state index is 12.6. The van der Waals surface area contributed by atoms with Crippen LogP contribution in [0, 0.1) is 0 Å². The van der Waals surface area contributed by atoms with Crippen molar-refractivity contribution in [2.75, 3.05) is 33.4 Å². The number of esters is 2. The van der Waals surface area contributed by atoms with Crippen molar-refractivity contribution in [2.45, 2.75) is 213 Å². The van der Waals surface area contributed by atoms with Crippen LogP contribution in [0.5, 0.6) is 0 Å². The Morgan fingerprint density at radius 2 is 0.981 bits per heavy atom. The summed E-state index contributed by atoms with van der Waals surface area (Å²) in [4.78, 5) is 35.0. The number of carbonyl (C=O) groups is 2. The number of ether oxygens (including phenoxy) is 2. The van der Waals surface area contributed by atoms with E-state index in [1.807, 2.05) is 0 Å². The second kappa shape index (κ2) is 39.4. The van der Waals surface area contributed by atoms with Crippen molar-refractivity contribution < 1.29 is 37.6 Å². The summed E-state index contributed by atoms with van der Waals surface area (Å²) in [7, 11) is -2.64. The van der Waals surface area contributed by atoms with Crippen LogP contribution in [0.3, 0.4) is 0 Å². The van der Waals surface area contributed by atoms with E-state index in [1.54, 1.807) is 7.05 Å². The lowest BCUT2D eigenvalue weighted by Gasteiger charge is -2.20. The standard InChI is InChI=1S/C42H82NO8P/c1-4-6-8-10-12-14-16-18-19-20-21-23-25-27-29-31-33-35-42(45)51-40(39-50-52(46,47)49-37-36-43-3)38-48-41(44)34-32-30-28-26-24-22-17-15-13-11-9-7-5-2/h15,17,40,43H,4-14,16,18-39H2,1-3H3,(H,46,47)/b17-15-. The Labute approximate surface area is 320 Å². The largest absolute Gasteiger partial charge is 0.472 e. The predicted molar refractivity (Wildman–Crippen MR) is 215 cm³/mol. The summed E-state index contributed by atoms with van der Waals surface area (Å²) in [6.07, 6.45) is 38.2. The molecule has 0 aliphatic carbocycles. The molecule has 2 atom stereocenters. The molecular weight excluding hydrogens is 677 g/mol. The van der Waals surface area contributed by atoms with Gasteiger partial charge in [0.25, 0.3) is 0 Å². The molecule has 10 heteroatoms. The Morgan fingerprint density at radius 3 is 1.44 bits per heavy atom. The fraction of sp³-hybridized carbons (Fsp3) is 0.905. The first-order valence-electron chi connectivity index (χ1n) is 21.6. The first-order chi connectivity index (χ1) is 25.3. The van der Waals surface area contributed by atoms with Gasteiger partial charge in [-0.2, -0.15) is 0 Å². The highest BCUT2D eigenvalue weighted by Gasteiger charge is 2.26. The van der Waals surface area contributed by atoms with Gasteiger partial charge in [-0.1, -0.05) is 167 Å². The van der Waals surface area contributed by atoms with E-state index in [2.05, 4.69) is 31.3 Å². The quantitative estimate of drug-likeness (QED) is 0.0271. The normalized spacial score (nSPS) is 13.4. The van der Waals surface area contributed by atoms with E-state index in [0.29, 0.717) is 13.0 Å². The van der Waals surface area contributed by atoms with Gasteiger partial charge in [0.15, 0.2) is 6.10 Å². The molecule has 0 bridgehead atoms. The average Bonchev–Trinajstić information content (AvgIpc) is 3.12. The number of carbonyl (C=O) groups excluding carboxylic acids is 2. The molecule has 0 radical (unpaired) electrons. The minimum Gasteiger partial charge on any atom is -0.462 e. The highest BCUT2D eigenvalue weighted by atomic mass is 31.2. The van der Waals surface area contributed by atoms with Crippen LogP contribution < -0.4 is 5.32 Å². The molecule has 0 fully saturated rings. The molecule has 0 aliphatic heterocycles. The SMILES string of the molecule is CCCCCC/C=C\CCCCCCCC(=O)OCC(COP(=O)(O)OCCNC)OC(=O)CCCCCCCCCCCCCCCCCCC. The van der Waals surface area contributed by atoms with E-state index in [1.165, 1.54) is 122 Å². The topological polar surface area (TPSA) is 120 Å². The molecule has 0 aromatic heterocycles. The molecule has 2 unspecified atom stereocenters. The Hall–Kier alpha value is -1.25. The van der Waals surface area contributed by atoms with Crippen LogP contribution in [0.15, 0.2) is 12.2 Å². The molecule has 2 N–H and O–H groups in total. The van der Waals surface area contributed by atoms with Crippen LogP contribution in [0.1, 0.15) is 206 Å². The first-order valence-corrected chi connectivity index (χ1v) is 23.1. The molecule has 0 saturated heterocycles. The smallest absolute Gasteiger partial charge is 0.462 e. The number of rotatable bonds is 41. The van der Waals surface area contributed by atoms with E-state index in [-0.39, 0.29) is 32.0 Å². The number of likely N-dealkylation sites (N-methyl/N-ethyl adjacent to an activating group) is 1. The van der Waals surface area contributed by atoms with Gasteiger partial charge >= 0.3 is 19.8 Å². The number of allylic oxidation sites excluding steroid dienone is 2. The molecule has 0 heterocycles. The maximum Gasteiger partial charge on any atom is 0.472 e. The second-order valence-electron chi connectivity index (χ2n) is 14.5. The minimum atomic E-state index is -4.34. The fourth-order valence-corrected chi connectivity index (χ4v) is 6.83. The van der Waals surface area contributed by atoms with Crippen molar-refractivity contribution in [3.05, 3.63) is 12.2 Å². The molecule has 9 nitrogen and oxygen atoms in total.